The van der Waals surface area contributed by atoms with Gasteiger partial charge in [0.1, 0.15) is 5.15 Å². The van der Waals surface area contributed by atoms with Crippen LogP contribution in [-0.2, 0) is 0 Å². The molecule has 0 aromatic carbocycles. The van der Waals surface area contributed by atoms with E-state index in [4.69, 9.17) is 11.6 Å². The maximum atomic E-state index is 12.5. The average molecular weight is 332 g/mol. The fourth-order valence-electron chi connectivity index (χ4n) is 2.47. The van der Waals surface area contributed by atoms with Gasteiger partial charge in [-0.15, -0.1) is 0 Å². The van der Waals surface area contributed by atoms with Crippen LogP contribution in [0.4, 0.5) is 0 Å². The van der Waals surface area contributed by atoms with Crippen molar-refractivity contribution in [2.45, 2.75) is 32.7 Å². The number of pyridine rings is 1. The van der Waals surface area contributed by atoms with Crippen LogP contribution in [0.3, 0.4) is 0 Å². The van der Waals surface area contributed by atoms with Gasteiger partial charge >= 0.3 is 0 Å². The summed E-state index contributed by atoms with van der Waals surface area (Å²) in [6.45, 7) is 5.11. The second-order valence-corrected chi connectivity index (χ2v) is 6.22. The summed E-state index contributed by atoms with van der Waals surface area (Å²) in [5.74, 6) is 0.459. The number of hydrogen-bond donors (Lipinski definition) is 0. The number of amides is 1. The van der Waals surface area contributed by atoms with Gasteiger partial charge in [-0.3, -0.25) is 4.79 Å². The molecular formula is C13H16BrClN2O. The van der Waals surface area contributed by atoms with Crippen molar-refractivity contribution >= 4 is 33.4 Å². The highest BCUT2D eigenvalue weighted by Crippen LogP contribution is 2.28. The molecule has 1 atom stereocenters. The third kappa shape index (κ3) is 2.69. The van der Waals surface area contributed by atoms with Crippen molar-refractivity contribution in [1.29, 1.82) is 0 Å². The summed E-state index contributed by atoms with van der Waals surface area (Å²) in [7, 11) is 0. The SMILES string of the molecule is CC(C)C1CCCN1C(=O)c1cc(Br)cnc1Cl. The molecule has 2 heterocycles. The van der Waals surface area contributed by atoms with Crippen molar-refractivity contribution in [3.63, 3.8) is 0 Å². The smallest absolute Gasteiger partial charge is 0.257 e. The van der Waals surface area contributed by atoms with Gasteiger partial charge in [-0.2, -0.15) is 0 Å². The molecule has 1 saturated heterocycles. The molecule has 1 unspecified atom stereocenters. The second-order valence-electron chi connectivity index (χ2n) is 4.94. The summed E-state index contributed by atoms with van der Waals surface area (Å²) in [5, 5.41) is 0.276. The number of nitrogens with zero attached hydrogens (tertiary/aromatic N) is 2. The molecule has 1 aromatic heterocycles. The molecule has 1 amide bonds. The summed E-state index contributed by atoms with van der Waals surface area (Å²) in [6, 6.07) is 2.06. The number of hydrogen-bond acceptors (Lipinski definition) is 2. The Balaban J connectivity index is 2.28. The zero-order chi connectivity index (χ0) is 13.3. The minimum atomic E-state index is -0.00926. The third-order valence-corrected chi connectivity index (χ3v) is 4.10. The normalized spacial score (nSPS) is 19.6. The molecule has 0 saturated carbocycles. The lowest BCUT2D eigenvalue weighted by Crippen LogP contribution is -2.38. The molecule has 2 rings (SSSR count). The Hall–Kier alpha value is -0.610. The molecule has 1 aromatic rings. The first-order valence-electron chi connectivity index (χ1n) is 6.12. The van der Waals surface area contributed by atoms with Gasteiger partial charge < -0.3 is 4.90 Å². The van der Waals surface area contributed by atoms with Crippen molar-refractivity contribution in [3.05, 3.63) is 27.5 Å². The van der Waals surface area contributed by atoms with Crippen LogP contribution >= 0.6 is 27.5 Å². The first kappa shape index (κ1) is 13.8. The first-order chi connectivity index (χ1) is 8.50. The lowest BCUT2D eigenvalue weighted by atomic mass is 10.0. The summed E-state index contributed by atoms with van der Waals surface area (Å²) in [5.41, 5.74) is 0.485. The maximum absolute atomic E-state index is 12.5. The summed E-state index contributed by atoms with van der Waals surface area (Å²) >= 11 is 9.34. The van der Waals surface area contributed by atoms with Crippen molar-refractivity contribution in [3.8, 4) is 0 Å². The van der Waals surface area contributed by atoms with E-state index in [0.717, 1.165) is 23.9 Å². The van der Waals surface area contributed by atoms with Crippen LogP contribution < -0.4 is 0 Å². The number of aromatic nitrogens is 1. The standard InChI is InChI=1S/C13H16BrClN2O/c1-8(2)11-4-3-5-17(11)13(18)10-6-9(14)7-16-12(10)15/h6-8,11H,3-5H2,1-2H3. The second kappa shape index (κ2) is 5.57. The van der Waals surface area contributed by atoms with Crippen molar-refractivity contribution in [1.82, 2.24) is 9.88 Å². The number of likely N-dealkylation sites (tertiary alicyclic amines) is 1. The van der Waals surface area contributed by atoms with E-state index in [0.29, 0.717) is 17.5 Å². The van der Waals surface area contributed by atoms with Crippen LogP contribution in [0.25, 0.3) is 0 Å². The minimum absolute atomic E-state index is 0.00926. The van der Waals surface area contributed by atoms with E-state index in [2.05, 4.69) is 34.8 Å². The maximum Gasteiger partial charge on any atom is 0.257 e. The van der Waals surface area contributed by atoms with Crippen molar-refractivity contribution in [2.75, 3.05) is 6.54 Å². The van der Waals surface area contributed by atoms with Crippen LogP contribution in [-0.4, -0.2) is 28.4 Å². The Bertz CT molecular complexity index is 464. The minimum Gasteiger partial charge on any atom is -0.335 e. The van der Waals surface area contributed by atoms with Crippen LogP contribution in [0.1, 0.15) is 37.0 Å². The zero-order valence-electron chi connectivity index (χ0n) is 10.5. The van der Waals surface area contributed by atoms with E-state index >= 15 is 0 Å². The van der Waals surface area contributed by atoms with E-state index in [1.54, 1.807) is 12.3 Å². The molecule has 18 heavy (non-hydrogen) atoms. The van der Waals surface area contributed by atoms with Gasteiger partial charge in [-0.05, 0) is 40.8 Å². The fourth-order valence-corrected chi connectivity index (χ4v) is 2.98. The highest BCUT2D eigenvalue weighted by molar-refractivity contribution is 9.10. The van der Waals surface area contributed by atoms with Crippen molar-refractivity contribution in [2.24, 2.45) is 5.92 Å². The van der Waals surface area contributed by atoms with Crippen LogP contribution in [0, 0.1) is 5.92 Å². The average Bonchev–Trinajstić information content (AvgIpc) is 2.80. The molecule has 3 nitrogen and oxygen atoms in total. The lowest BCUT2D eigenvalue weighted by Gasteiger charge is -2.28. The van der Waals surface area contributed by atoms with E-state index in [-0.39, 0.29) is 11.1 Å². The van der Waals surface area contributed by atoms with Crippen LogP contribution in [0.15, 0.2) is 16.7 Å². The number of rotatable bonds is 2. The molecule has 0 aliphatic carbocycles. The molecule has 98 valence electrons. The highest BCUT2D eigenvalue weighted by atomic mass is 79.9. The van der Waals surface area contributed by atoms with Crippen LogP contribution in [0.5, 0.6) is 0 Å². The van der Waals surface area contributed by atoms with Crippen LogP contribution in [0.2, 0.25) is 5.15 Å². The van der Waals surface area contributed by atoms with E-state index in [9.17, 15) is 4.79 Å². The fraction of sp³-hybridized carbons (Fsp3) is 0.538. The number of carbonyl (C=O) groups is 1. The zero-order valence-corrected chi connectivity index (χ0v) is 12.8. The summed E-state index contributed by atoms with van der Waals surface area (Å²) < 4.78 is 0.774. The Morgan fingerprint density at radius 2 is 2.33 bits per heavy atom. The van der Waals surface area contributed by atoms with Gasteiger partial charge in [0.25, 0.3) is 5.91 Å². The summed E-state index contributed by atoms with van der Waals surface area (Å²) in [4.78, 5) is 18.5. The number of halogens is 2. The molecule has 1 fully saturated rings. The monoisotopic (exact) mass is 330 g/mol. The first-order valence-corrected chi connectivity index (χ1v) is 7.30. The number of carbonyl (C=O) groups excluding carboxylic acids is 1. The molecule has 0 radical (unpaired) electrons. The molecule has 0 bridgehead atoms. The molecule has 0 spiro atoms. The molecule has 0 N–H and O–H groups in total. The quantitative estimate of drug-likeness (QED) is 0.773. The molecule has 1 aliphatic rings. The Morgan fingerprint density at radius 3 is 3.00 bits per heavy atom. The van der Waals surface area contributed by atoms with Gasteiger partial charge in [0.15, 0.2) is 0 Å². The molecule has 5 heteroatoms. The Kier molecular flexibility index (Phi) is 4.28. The van der Waals surface area contributed by atoms with E-state index in [1.165, 1.54) is 0 Å². The summed E-state index contributed by atoms with van der Waals surface area (Å²) in [6.07, 6.45) is 3.74. The van der Waals surface area contributed by atoms with Gasteiger partial charge in [-0.1, -0.05) is 25.4 Å². The largest absolute Gasteiger partial charge is 0.335 e. The lowest BCUT2D eigenvalue weighted by molar-refractivity contribution is 0.0701. The molecular weight excluding hydrogens is 316 g/mol. The highest BCUT2D eigenvalue weighted by Gasteiger charge is 2.32. The molecule has 1 aliphatic heterocycles. The topological polar surface area (TPSA) is 33.2 Å². The van der Waals surface area contributed by atoms with Gasteiger partial charge in [0.2, 0.25) is 0 Å². The van der Waals surface area contributed by atoms with E-state index in [1.807, 2.05) is 4.90 Å². The Labute approximate surface area is 121 Å². The Morgan fingerprint density at radius 1 is 1.61 bits per heavy atom. The predicted molar refractivity (Wildman–Crippen MR) is 75.8 cm³/mol. The van der Waals surface area contributed by atoms with E-state index < -0.39 is 0 Å². The van der Waals surface area contributed by atoms with Gasteiger partial charge in [-0.25, -0.2) is 4.98 Å². The van der Waals surface area contributed by atoms with Gasteiger partial charge in [0, 0.05) is 23.3 Å². The van der Waals surface area contributed by atoms with Gasteiger partial charge in [0.05, 0.1) is 5.56 Å². The van der Waals surface area contributed by atoms with Crippen molar-refractivity contribution < 1.29 is 4.79 Å². The third-order valence-electron chi connectivity index (χ3n) is 3.37. The predicted octanol–water partition coefficient (Wildman–Crippen LogP) is 3.76.